The molecule has 0 unspecified atom stereocenters. The summed E-state index contributed by atoms with van der Waals surface area (Å²) in [6, 6.07) is 15.6. The first-order valence-electron chi connectivity index (χ1n) is 8.06. The third kappa shape index (κ3) is 3.99. The number of halogens is 3. The Kier molecular flexibility index (Phi) is 4.89. The Labute approximate surface area is 149 Å². The van der Waals surface area contributed by atoms with Crippen molar-refractivity contribution in [1.29, 1.82) is 0 Å². The molecule has 0 aliphatic rings. The van der Waals surface area contributed by atoms with E-state index in [2.05, 4.69) is 4.98 Å². The minimum absolute atomic E-state index is 0.126. The van der Waals surface area contributed by atoms with E-state index in [1.807, 2.05) is 6.92 Å². The van der Waals surface area contributed by atoms with Crippen LogP contribution in [0.3, 0.4) is 0 Å². The zero-order valence-corrected chi connectivity index (χ0v) is 14.0. The maximum absolute atomic E-state index is 13.1. The molecule has 0 N–H and O–H groups in total. The summed E-state index contributed by atoms with van der Waals surface area (Å²) in [6.07, 6.45) is -3.03. The van der Waals surface area contributed by atoms with Crippen LogP contribution >= 0.6 is 0 Å². The number of benzene rings is 2. The van der Waals surface area contributed by atoms with Gasteiger partial charge in [-0.3, -0.25) is 9.78 Å². The highest BCUT2D eigenvalue weighted by Gasteiger charge is 2.31. The second kappa shape index (κ2) is 7.12. The summed E-state index contributed by atoms with van der Waals surface area (Å²) < 4.78 is 39.3. The molecule has 132 valence electrons. The second-order valence-electron chi connectivity index (χ2n) is 6.05. The van der Waals surface area contributed by atoms with Crippen molar-refractivity contribution in [3.05, 3.63) is 89.1 Å². The maximum atomic E-state index is 13.1. The molecule has 0 aliphatic carbocycles. The number of aryl methyl sites for hydroxylation is 1. The first-order chi connectivity index (χ1) is 12.3. The zero-order chi connectivity index (χ0) is 18.7. The van der Waals surface area contributed by atoms with Crippen molar-refractivity contribution < 1.29 is 18.0 Å². The van der Waals surface area contributed by atoms with E-state index in [-0.39, 0.29) is 12.2 Å². The van der Waals surface area contributed by atoms with Gasteiger partial charge in [-0.05, 0) is 36.8 Å². The van der Waals surface area contributed by atoms with E-state index >= 15 is 0 Å². The molecule has 26 heavy (non-hydrogen) atoms. The molecule has 0 amide bonds. The molecule has 2 aromatic carbocycles. The summed E-state index contributed by atoms with van der Waals surface area (Å²) in [5, 5.41) is 0. The van der Waals surface area contributed by atoms with Gasteiger partial charge in [0.15, 0.2) is 5.78 Å². The topological polar surface area (TPSA) is 30.0 Å². The van der Waals surface area contributed by atoms with Crippen molar-refractivity contribution in [3.8, 4) is 11.3 Å². The van der Waals surface area contributed by atoms with E-state index in [0.29, 0.717) is 22.4 Å². The lowest BCUT2D eigenvalue weighted by molar-refractivity contribution is -0.137. The predicted molar refractivity (Wildman–Crippen MR) is 93.9 cm³/mol. The monoisotopic (exact) mass is 355 g/mol. The second-order valence-corrected chi connectivity index (χ2v) is 6.05. The SMILES string of the molecule is Cc1ccc(C(=O)Cc2cc(C(F)(F)F)ccc2-c2ccccn2)cc1. The molecule has 0 fully saturated rings. The Morgan fingerprint density at radius 1 is 1.00 bits per heavy atom. The van der Waals surface area contributed by atoms with Gasteiger partial charge in [-0.15, -0.1) is 0 Å². The van der Waals surface area contributed by atoms with Crippen molar-refractivity contribution in [2.45, 2.75) is 19.5 Å². The van der Waals surface area contributed by atoms with Crippen LogP contribution in [0.1, 0.15) is 27.0 Å². The molecular formula is C21H16F3NO. The fraction of sp³-hybridized carbons (Fsp3) is 0.143. The smallest absolute Gasteiger partial charge is 0.294 e. The Balaban J connectivity index is 2.02. The number of carbonyl (C=O) groups is 1. The van der Waals surface area contributed by atoms with Gasteiger partial charge < -0.3 is 0 Å². The zero-order valence-electron chi connectivity index (χ0n) is 14.0. The van der Waals surface area contributed by atoms with Crippen molar-refractivity contribution in [3.63, 3.8) is 0 Å². The maximum Gasteiger partial charge on any atom is 0.416 e. The molecule has 0 bridgehead atoms. The molecule has 1 heterocycles. The molecule has 0 radical (unpaired) electrons. The summed E-state index contributed by atoms with van der Waals surface area (Å²) in [7, 11) is 0. The van der Waals surface area contributed by atoms with Gasteiger partial charge in [0.25, 0.3) is 0 Å². The van der Waals surface area contributed by atoms with E-state index in [0.717, 1.165) is 17.7 Å². The number of aromatic nitrogens is 1. The number of ketones is 1. The Bertz CT molecular complexity index is 916. The number of hydrogen-bond donors (Lipinski definition) is 0. The van der Waals surface area contributed by atoms with E-state index in [1.54, 1.807) is 48.7 Å². The quantitative estimate of drug-likeness (QED) is 0.578. The average Bonchev–Trinajstić information content (AvgIpc) is 2.62. The van der Waals surface area contributed by atoms with E-state index in [1.165, 1.54) is 6.07 Å². The summed E-state index contributed by atoms with van der Waals surface area (Å²) in [5.74, 6) is -0.235. The molecule has 3 aromatic rings. The molecule has 0 spiro atoms. The van der Waals surface area contributed by atoms with Gasteiger partial charge in [0.05, 0.1) is 11.3 Å². The minimum atomic E-state index is -4.47. The first kappa shape index (κ1) is 17.9. The molecule has 0 aliphatic heterocycles. The minimum Gasteiger partial charge on any atom is -0.294 e. The van der Waals surface area contributed by atoms with Crippen LogP contribution < -0.4 is 0 Å². The average molecular weight is 355 g/mol. The van der Waals surface area contributed by atoms with Crippen LogP contribution in [0.25, 0.3) is 11.3 Å². The van der Waals surface area contributed by atoms with Crippen molar-refractivity contribution >= 4 is 5.78 Å². The molecule has 0 saturated heterocycles. The van der Waals surface area contributed by atoms with Crippen LogP contribution in [0.5, 0.6) is 0 Å². The van der Waals surface area contributed by atoms with Crippen LogP contribution in [-0.4, -0.2) is 10.8 Å². The number of rotatable bonds is 4. The van der Waals surface area contributed by atoms with Crippen LogP contribution in [0.2, 0.25) is 0 Å². The molecule has 0 saturated carbocycles. The fourth-order valence-corrected chi connectivity index (χ4v) is 2.70. The van der Waals surface area contributed by atoms with E-state index in [4.69, 9.17) is 0 Å². The largest absolute Gasteiger partial charge is 0.416 e. The van der Waals surface area contributed by atoms with Crippen molar-refractivity contribution in [2.75, 3.05) is 0 Å². The molecule has 0 atom stereocenters. The highest BCUT2D eigenvalue weighted by atomic mass is 19.4. The number of hydrogen-bond acceptors (Lipinski definition) is 2. The highest BCUT2D eigenvalue weighted by molar-refractivity contribution is 5.98. The summed E-state index contributed by atoms with van der Waals surface area (Å²) >= 11 is 0. The van der Waals surface area contributed by atoms with Gasteiger partial charge in [0, 0.05) is 23.7 Å². The molecule has 5 heteroatoms. The van der Waals surface area contributed by atoms with Crippen LogP contribution in [0, 0.1) is 6.92 Å². The summed E-state index contributed by atoms with van der Waals surface area (Å²) in [5.41, 5.74) is 2.08. The van der Waals surface area contributed by atoms with E-state index < -0.39 is 11.7 Å². The van der Waals surface area contributed by atoms with Crippen LogP contribution in [-0.2, 0) is 12.6 Å². The summed E-state index contributed by atoms with van der Waals surface area (Å²) in [4.78, 5) is 16.8. The van der Waals surface area contributed by atoms with Crippen molar-refractivity contribution in [2.24, 2.45) is 0 Å². The highest BCUT2D eigenvalue weighted by Crippen LogP contribution is 2.33. The fourth-order valence-electron chi connectivity index (χ4n) is 2.70. The van der Waals surface area contributed by atoms with Gasteiger partial charge >= 0.3 is 6.18 Å². The van der Waals surface area contributed by atoms with Gasteiger partial charge in [-0.1, -0.05) is 42.0 Å². The van der Waals surface area contributed by atoms with Crippen molar-refractivity contribution in [1.82, 2.24) is 4.98 Å². The lowest BCUT2D eigenvalue weighted by Gasteiger charge is -2.13. The van der Waals surface area contributed by atoms with Gasteiger partial charge in [-0.25, -0.2) is 0 Å². The number of pyridine rings is 1. The molecule has 1 aromatic heterocycles. The Hall–Kier alpha value is -2.95. The molecule has 3 rings (SSSR count). The lowest BCUT2D eigenvalue weighted by Crippen LogP contribution is -2.09. The standard InChI is InChI=1S/C21H16F3NO/c1-14-5-7-15(8-6-14)20(26)13-16-12-17(21(22,23)24)9-10-18(16)19-4-2-3-11-25-19/h2-12H,13H2,1H3. The number of Topliss-reactive ketones (excluding diaryl/α,β-unsaturated/α-hetero) is 1. The van der Waals surface area contributed by atoms with Gasteiger partial charge in [0.2, 0.25) is 0 Å². The first-order valence-corrected chi connectivity index (χ1v) is 8.06. The number of alkyl halides is 3. The number of nitrogens with zero attached hydrogens (tertiary/aromatic N) is 1. The third-order valence-electron chi connectivity index (χ3n) is 4.10. The predicted octanol–water partition coefficient (Wildman–Crippen LogP) is 5.50. The number of carbonyl (C=O) groups excluding carboxylic acids is 1. The lowest BCUT2D eigenvalue weighted by atomic mass is 9.94. The normalized spacial score (nSPS) is 11.4. The Morgan fingerprint density at radius 3 is 2.35 bits per heavy atom. The molecule has 2 nitrogen and oxygen atoms in total. The van der Waals surface area contributed by atoms with E-state index in [9.17, 15) is 18.0 Å². The third-order valence-corrected chi connectivity index (χ3v) is 4.10. The van der Waals surface area contributed by atoms with Crippen LogP contribution in [0.15, 0.2) is 66.9 Å². The molecular weight excluding hydrogens is 339 g/mol. The van der Waals surface area contributed by atoms with Gasteiger partial charge in [-0.2, -0.15) is 13.2 Å². The van der Waals surface area contributed by atoms with Gasteiger partial charge in [0.1, 0.15) is 0 Å². The van der Waals surface area contributed by atoms with Crippen LogP contribution in [0.4, 0.5) is 13.2 Å². The Morgan fingerprint density at radius 2 is 1.73 bits per heavy atom. The summed E-state index contributed by atoms with van der Waals surface area (Å²) in [6.45, 7) is 1.90.